The highest BCUT2D eigenvalue weighted by Gasteiger charge is 2.12. The molecule has 0 aliphatic heterocycles. The van der Waals surface area contributed by atoms with E-state index in [1.165, 1.54) is 5.56 Å². The second-order valence-corrected chi connectivity index (χ2v) is 4.36. The first kappa shape index (κ1) is 12.4. The molecule has 0 aromatic heterocycles. The van der Waals surface area contributed by atoms with E-state index in [0.29, 0.717) is 5.56 Å². The molecular formula is C16H17NO. The van der Waals surface area contributed by atoms with E-state index in [4.69, 9.17) is 5.73 Å². The van der Waals surface area contributed by atoms with Gasteiger partial charge >= 0.3 is 0 Å². The second-order valence-electron chi connectivity index (χ2n) is 4.36. The Morgan fingerprint density at radius 1 is 1.06 bits per heavy atom. The van der Waals surface area contributed by atoms with Crippen molar-refractivity contribution in [2.24, 2.45) is 5.73 Å². The largest absolute Gasteiger partial charge is 0.366 e. The summed E-state index contributed by atoms with van der Waals surface area (Å²) < 4.78 is 0. The van der Waals surface area contributed by atoms with Crippen molar-refractivity contribution in [2.75, 3.05) is 0 Å². The zero-order valence-electron chi connectivity index (χ0n) is 10.7. The molecule has 2 aromatic rings. The maximum atomic E-state index is 11.5. The lowest BCUT2D eigenvalue weighted by Gasteiger charge is -2.13. The van der Waals surface area contributed by atoms with Gasteiger partial charge in [-0.25, -0.2) is 0 Å². The molecule has 0 unspecified atom stereocenters. The van der Waals surface area contributed by atoms with Crippen molar-refractivity contribution in [1.29, 1.82) is 0 Å². The van der Waals surface area contributed by atoms with Gasteiger partial charge in [0.1, 0.15) is 0 Å². The summed E-state index contributed by atoms with van der Waals surface area (Å²) in [6.45, 7) is 4.12. The number of rotatable bonds is 3. The molecule has 18 heavy (non-hydrogen) atoms. The van der Waals surface area contributed by atoms with E-state index < -0.39 is 0 Å². The quantitative estimate of drug-likeness (QED) is 0.877. The van der Waals surface area contributed by atoms with Crippen LogP contribution in [0.1, 0.15) is 28.4 Å². The summed E-state index contributed by atoms with van der Waals surface area (Å²) in [6.07, 6.45) is 0.794. The average molecular weight is 239 g/mol. The predicted molar refractivity (Wildman–Crippen MR) is 74.5 cm³/mol. The molecule has 2 heteroatoms. The molecule has 2 nitrogen and oxygen atoms in total. The molecule has 2 N–H and O–H groups in total. The maximum absolute atomic E-state index is 11.5. The summed E-state index contributed by atoms with van der Waals surface area (Å²) in [7, 11) is 0. The molecule has 0 radical (unpaired) electrons. The van der Waals surface area contributed by atoms with Gasteiger partial charge in [0.2, 0.25) is 5.91 Å². The fourth-order valence-electron chi connectivity index (χ4n) is 2.33. The van der Waals surface area contributed by atoms with Gasteiger partial charge in [-0.3, -0.25) is 4.79 Å². The number of aryl methyl sites for hydroxylation is 1. The number of carbonyl (C=O) groups is 1. The van der Waals surface area contributed by atoms with Crippen molar-refractivity contribution in [1.82, 2.24) is 0 Å². The van der Waals surface area contributed by atoms with Crippen LogP contribution in [0.5, 0.6) is 0 Å². The van der Waals surface area contributed by atoms with Crippen LogP contribution >= 0.6 is 0 Å². The number of benzene rings is 2. The topological polar surface area (TPSA) is 43.1 Å². The summed E-state index contributed by atoms with van der Waals surface area (Å²) in [4.78, 5) is 11.5. The summed E-state index contributed by atoms with van der Waals surface area (Å²) in [5.41, 5.74) is 10.6. The Labute approximate surface area is 107 Å². The van der Waals surface area contributed by atoms with Crippen LogP contribution in [0.25, 0.3) is 11.1 Å². The number of hydrogen-bond acceptors (Lipinski definition) is 1. The SMILES string of the molecule is CCc1c(C(N)=O)cccc1-c1ccccc1C. The monoisotopic (exact) mass is 239 g/mol. The summed E-state index contributed by atoms with van der Waals surface area (Å²) in [5, 5.41) is 0. The number of nitrogens with two attached hydrogens (primary N) is 1. The molecule has 0 heterocycles. The molecule has 0 aliphatic rings. The lowest BCUT2D eigenvalue weighted by atomic mass is 9.91. The van der Waals surface area contributed by atoms with Gasteiger partial charge in [0, 0.05) is 5.56 Å². The highest BCUT2D eigenvalue weighted by Crippen LogP contribution is 2.29. The van der Waals surface area contributed by atoms with Gasteiger partial charge in [0.05, 0.1) is 0 Å². The van der Waals surface area contributed by atoms with Crippen molar-refractivity contribution in [2.45, 2.75) is 20.3 Å². The van der Waals surface area contributed by atoms with Gasteiger partial charge in [0.25, 0.3) is 0 Å². The van der Waals surface area contributed by atoms with Crippen LogP contribution in [-0.4, -0.2) is 5.91 Å². The smallest absolute Gasteiger partial charge is 0.248 e. The van der Waals surface area contributed by atoms with E-state index in [2.05, 4.69) is 19.1 Å². The lowest BCUT2D eigenvalue weighted by molar-refractivity contribution is 0.0999. The standard InChI is InChI=1S/C16H17NO/c1-3-12-14(9-6-10-15(12)16(17)18)13-8-5-4-7-11(13)2/h4-10H,3H2,1-2H3,(H2,17,18). The van der Waals surface area contributed by atoms with Crippen molar-refractivity contribution >= 4 is 5.91 Å². The van der Waals surface area contributed by atoms with Gasteiger partial charge in [0.15, 0.2) is 0 Å². The molecule has 0 aliphatic carbocycles. The minimum atomic E-state index is -0.359. The molecule has 2 rings (SSSR count). The Morgan fingerprint density at radius 2 is 1.72 bits per heavy atom. The molecule has 92 valence electrons. The number of amides is 1. The van der Waals surface area contributed by atoms with Crippen LogP contribution in [0.2, 0.25) is 0 Å². The van der Waals surface area contributed by atoms with Gasteiger partial charge in [-0.05, 0) is 41.7 Å². The molecule has 0 saturated carbocycles. The maximum Gasteiger partial charge on any atom is 0.248 e. The first-order valence-electron chi connectivity index (χ1n) is 6.12. The van der Waals surface area contributed by atoms with E-state index in [9.17, 15) is 4.79 Å². The summed E-state index contributed by atoms with van der Waals surface area (Å²) >= 11 is 0. The Bertz CT molecular complexity index is 587. The van der Waals surface area contributed by atoms with Crippen LogP contribution in [0.15, 0.2) is 42.5 Å². The van der Waals surface area contributed by atoms with E-state index in [0.717, 1.165) is 23.1 Å². The fraction of sp³-hybridized carbons (Fsp3) is 0.188. The van der Waals surface area contributed by atoms with Gasteiger partial charge in [-0.2, -0.15) is 0 Å². The van der Waals surface area contributed by atoms with Crippen LogP contribution in [-0.2, 0) is 6.42 Å². The second kappa shape index (κ2) is 5.05. The highest BCUT2D eigenvalue weighted by atomic mass is 16.1. The summed E-state index contributed by atoms with van der Waals surface area (Å²) in [6, 6.07) is 13.9. The van der Waals surface area contributed by atoms with E-state index in [-0.39, 0.29) is 5.91 Å². The van der Waals surface area contributed by atoms with Crippen LogP contribution in [0.4, 0.5) is 0 Å². The normalized spacial score (nSPS) is 10.3. The third-order valence-electron chi connectivity index (χ3n) is 3.23. The Kier molecular flexibility index (Phi) is 3.47. The highest BCUT2D eigenvalue weighted by molar-refractivity contribution is 5.96. The van der Waals surface area contributed by atoms with Crippen molar-refractivity contribution < 1.29 is 4.79 Å². The van der Waals surface area contributed by atoms with E-state index in [1.54, 1.807) is 6.07 Å². The Balaban J connectivity index is 2.69. The number of carbonyl (C=O) groups excluding carboxylic acids is 1. The molecule has 0 saturated heterocycles. The zero-order valence-corrected chi connectivity index (χ0v) is 10.7. The molecule has 0 fully saturated rings. The lowest BCUT2D eigenvalue weighted by Crippen LogP contribution is -2.14. The summed E-state index contributed by atoms with van der Waals surface area (Å²) in [5.74, 6) is -0.359. The van der Waals surface area contributed by atoms with Gasteiger partial charge in [-0.1, -0.05) is 43.3 Å². The van der Waals surface area contributed by atoms with Crippen molar-refractivity contribution in [3.63, 3.8) is 0 Å². The minimum Gasteiger partial charge on any atom is -0.366 e. The number of hydrogen-bond donors (Lipinski definition) is 1. The first-order chi connectivity index (χ1) is 8.65. The molecule has 0 atom stereocenters. The molecule has 0 bridgehead atoms. The van der Waals surface area contributed by atoms with E-state index in [1.807, 2.05) is 31.2 Å². The van der Waals surface area contributed by atoms with Crippen LogP contribution < -0.4 is 5.73 Å². The first-order valence-corrected chi connectivity index (χ1v) is 6.12. The van der Waals surface area contributed by atoms with Crippen molar-refractivity contribution in [3.05, 3.63) is 59.2 Å². The molecule has 1 amide bonds. The zero-order chi connectivity index (χ0) is 13.1. The fourth-order valence-corrected chi connectivity index (χ4v) is 2.33. The third-order valence-corrected chi connectivity index (χ3v) is 3.23. The Hall–Kier alpha value is -2.09. The molecule has 2 aromatic carbocycles. The predicted octanol–water partition coefficient (Wildman–Crippen LogP) is 3.32. The third kappa shape index (κ3) is 2.14. The Morgan fingerprint density at radius 3 is 2.33 bits per heavy atom. The van der Waals surface area contributed by atoms with Gasteiger partial charge in [-0.15, -0.1) is 0 Å². The molecular weight excluding hydrogens is 222 g/mol. The van der Waals surface area contributed by atoms with Gasteiger partial charge < -0.3 is 5.73 Å². The average Bonchev–Trinajstić information content (AvgIpc) is 2.38. The van der Waals surface area contributed by atoms with Crippen molar-refractivity contribution in [3.8, 4) is 11.1 Å². The van der Waals surface area contributed by atoms with Crippen LogP contribution in [0, 0.1) is 6.92 Å². The van der Waals surface area contributed by atoms with E-state index >= 15 is 0 Å². The molecule has 0 spiro atoms. The number of primary amides is 1. The minimum absolute atomic E-state index is 0.359. The van der Waals surface area contributed by atoms with Crippen LogP contribution in [0.3, 0.4) is 0 Å².